The van der Waals surface area contributed by atoms with E-state index in [0.717, 1.165) is 17.1 Å². The van der Waals surface area contributed by atoms with Crippen molar-refractivity contribution in [2.75, 3.05) is 20.1 Å². The molecule has 17 heavy (non-hydrogen) atoms. The number of rotatable bonds is 6. The summed E-state index contributed by atoms with van der Waals surface area (Å²) in [6, 6.07) is -0.899. The number of hydrogen-bond donors (Lipinski definition) is 1. The van der Waals surface area contributed by atoms with Crippen molar-refractivity contribution in [1.82, 2.24) is 8.61 Å². The number of nitrogens with zero attached hydrogens (tertiary/aromatic N) is 2. The van der Waals surface area contributed by atoms with E-state index < -0.39 is 22.2 Å². The van der Waals surface area contributed by atoms with Gasteiger partial charge in [-0.25, -0.2) is 0 Å². The van der Waals surface area contributed by atoms with Gasteiger partial charge in [-0.05, 0) is 19.3 Å². The summed E-state index contributed by atoms with van der Waals surface area (Å²) in [5.41, 5.74) is 0. The van der Waals surface area contributed by atoms with Crippen molar-refractivity contribution < 1.29 is 18.3 Å². The van der Waals surface area contributed by atoms with E-state index in [-0.39, 0.29) is 0 Å². The first kappa shape index (κ1) is 14.4. The molecule has 1 N–H and O–H groups in total. The Morgan fingerprint density at radius 1 is 1.53 bits per heavy atom. The van der Waals surface area contributed by atoms with Crippen LogP contribution >= 0.6 is 0 Å². The normalized spacial score (nSPS) is 22.2. The summed E-state index contributed by atoms with van der Waals surface area (Å²) in [5.74, 6) is -1.06. The molecule has 0 spiro atoms. The molecule has 1 aliphatic rings. The van der Waals surface area contributed by atoms with E-state index in [2.05, 4.69) is 0 Å². The lowest BCUT2D eigenvalue weighted by Crippen LogP contribution is -2.47. The summed E-state index contributed by atoms with van der Waals surface area (Å²) < 4.78 is 26.6. The molecule has 0 radical (unpaired) electrons. The minimum Gasteiger partial charge on any atom is -0.480 e. The van der Waals surface area contributed by atoms with Crippen molar-refractivity contribution in [2.24, 2.45) is 0 Å². The van der Waals surface area contributed by atoms with Gasteiger partial charge in [0.15, 0.2) is 0 Å². The van der Waals surface area contributed by atoms with Gasteiger partial charge in [-0.15, -0.1) is 0 Å². The number of aliphatic carboxylic acids is 1. The van der Waals surface area contributed by atoms with E-state index >= 15 is 0 Å². The van der Waals surface area contributed by atoms with Gasteiger partial charge in [0.25, 0.3) is 10.2 Å². The first-order valence-corrected chi connectivity index (χ1v) is 7.27. The van der Waals surface area contributed by atoms with Crippen molar-refractivity contribution in [3.05, 3.63) is 0 Å². The molecule has 0 saturated carbocycles. The van der Waals surface area contributed by atoms with Crippen LogP contribution in [0.3, 0.4) is 0 Å². The summed E-state index contributed by atoms with van der Waals surface area (Å²) in [7, 11) is -2.12. The smallest absolute Gasteiger partial charge is 0.322 e. The molecule has 1 rings (SSSR count). The summed E-state index contributed by atoms with van der Waals surface area (Å²) in [6.07, 6.45) is 2.69. The highest BCUT2D eigenvalue weighted by Crippen LogP contribution is 2.23. The van der Waals surface area contributed by atoms with Crippen LogP contribution in [0.2, 0.25) is 0 Å². The molecular weight excluding hydrogens is 244 g/mol. The average Bonchev–Trinajstić information content (AvgIpc) is 2.75. The van der Waals surface area contributed by atoms with Gasteiger partial charge < -0.3 is 5.11 Å². The average molecular weight is 264 g/mol. The van der Waals surface area contributed by atoms with Crippen LogP contribution in [0, 0.1) is 0 Å². The fourth-order valence-corrected chi connectivity index (χ4v) is 3.53. The molecule has 0 aromatic carbocycles. The molecule has 0 aliphatic carbocycles. The predicted molar refractivity (Wildman–Crippen MR) is 63.8 cm³/mol. The quantitative estimate of drug-likeness (QED) is 0.758. The second-order valence-electron chi connectivity index (χ2n) is 4.29. The summed E-state index contributed by atoms with van der Waals surface area (Å²) >= 11 is 0. The lowest BCUT2D eigenvalue weighted by Gasteiger charge is -2.26. The lowest BCUT2D eigenvalue weighted by atomic mass is 10.2. The third kappa shape index (κ3) is 3.17. The maximum atomic E-state index is 12.1. The monoisotopic (exact) mass is 264 g/mol. The van der Waals surface area contributed by atoms with E-state index in [0.29, 0.717) is 25.9 Å². The molecule has 0 unspecified atom stereocenters. The molecule has 7 heteroatoms. The summed E-state index contributed by atoms with van der Waals surface area (Å²) in [5, 5.41) is 8.98. The molecule has 1 heterocycles. The SMILES string of the molecule is CCCCN(C)S(=O)(=O)N1CCC[C@@H]1C(=O)O. The Kier molecular flexibility index (Phi) is 4.91. The fourth-order valence-electron chi connectivity index (χ4n) is 1.94. The van der Waals surface area contributed by atoms with Crippen molar-refractivity contribution in [2.45, 2.75) is 38.6 Å². The third-order valence-electron chi connectivity index (χ3n) is 3.01. The second-order valence-corrected chi connectivity index (χ2v) is 6.28. The van der Waals surface area contributed by atoms with E-state index in [1.54, 1.807) is 0 Å². The van der Waals surface area contributed by atoms with Gasteiger partial charge in [0.05, 0.1) is 0 Å². The van der Waals surface area contributed by atoms with Crippen LogP contribution < -0.4 is 0 Å². The second kappa shape index (κ2) is 5.79. The van der Waals surface area contributed by atoms with E-state index in [9.17, 15) is 13.2 Å². The minimum absolute atomic E-state index is 0.301. The van der Waals surface area contributed by atoms with Gasteiger partial charge in [0.1, 0.15) is 6.04 Å². The molecule has 1 aliphatic heterocycles. The zero-order valence-electron chi connectivity index (χ0n) is 10.3. The van der Waals surface area contributed by atoms with Crippen LogP contribution in [0.25, 0.3) is 0 Å². The minimum atomic E-state index is -3.62. The van der Waals surface area contributed by atoms with Crippen LogP contribution in [0.4, 0.5) is 0 Å². The first-order chi connectivity index (χ1) is 7.91. The summed E-state index contributed by atoms with van der Waals surface area (Å²) in [6.45, 7) is 2.72. The highest BCUT2D eigenvalue weighted by Gasteiger charge is 2.40. The molecule has 0 aromatic rings. The van der Waals surface area contributed by atoms with Gasteiger partial charge in [0.2, 0.25) is 0 Å². The molecule has 0 amide bonds. The maximum Gasteiger partial charge on any atom is 0.322 e. The standard InChI is InChI=1S/C10H20N2O4S/c1-3-4-7-11(2)17(15,16)12-8-5-6-9(12)10(13)14/h9H,3-8H2,1-2H3,(H,13,14)/t9-/m1/s1. The van der Waals surface area contributed by atoms with Crippen LogP contribution in [0.1, 0.15) is 32.6 Å². The molecule has 0 aromatic heterocycles. The fraction of sp³-hybridized carbons (Fsp3) is 0.900. The topological polar surface area (TPSA) is 77.9 Å². The van der Waals surface area contributed by atoms with Crippen LogP contribution in [0.15, 0.2) is 0 Å². The van der Waals surface area contributed by atoms with Crippen molar-refractivity contribution in [3.8, 4) is 0 Å². The number of hydrogen-bond acceptors (Lipinski definition) is 3. The number of carbonyl (C=O) groups is 1. The Bertz CT molecular complexity index is 369. The zero-order chi connectivity index (χ0) is 13.1. The van der Waals surface area contributed by atoms with Gasteiger partial charge in [-0.3, -0.25) is 4.79 Å². The summed E-state index contributed by atoms with van der Waals surface area (Å²) in [4.78, 5) is 11.0. The Labute approximate surface area is 102 Å². The van der Waals surface area contributed by atoms with Crippen LogP contribution in [-0.2, 0) is 15.0 Å². The Hall–Kier alpha value is -0.660. The predicted octanol–water partition coefficient (Wildman–Crippen LogP) is 0.512. The number of carboxylic acid groups (broad SMARTS) is 1. The third-order valence-corrected chi connectivity index (χ3v) is 5.01. The van der Waals surface area contributed by atoms with Crippen LogP contribution in [0.5, 0.6) is 0 Å². The van der Waals surface area contributed by atoms with Gasteiger partial charge >= 0.3 is 5.97 Å². The molecule has 6 nitrogen and oxygen atoms in total. The Morgan fingerprint density at radius 2 is 2.18 bits per heavy atom. The van der Waals surface area contributed by atoms with E-state index in [1.165, 1.54) is 11.4 Å². The Balaban J connectivity index is 2.78. The van der Waals surface area contributed by atoms with Crippen LogP contribution in [-0.4, -0.2) is 54.3 Å². The largest absolute Gasteiger partial charge is 0.480 e. The maximum absolute atomic E-state index is 12.1. The van der Waals surface area contributed by atoms with Gasteiger partial charge in [-0.1, -0.05) is 13.3 Å². The number of carboxylic acids is 1. The molecule has 100 valence electrons. The van der Waals surface area contributed by atoms with E-state index in [4.69, 9.17) is 5.11 Å². The highest BCUT2D eigenvalue weighted by molar-refractivity contribution is 7.86. The zero-order valence-corrected chi connectivity index (χ0v) is 11.1. The molecule has 1 saturated heterocycles. The molecule has 1 fully saturated rings. The lowest BCUT2D eigenvalue weighted by molar-refractivity contribution is -0.140. The Morgan fingerprint density at radius 3 is 2.71 bits per heavy atom. The molecular formula is C10H20N2O4S. The number of unbranched alkanes of at least 4 members (excludes halogenated alkanes) is 1. The van der Waals surface area contributed by atoms with Crippen molar-refractivity contribution >= 4 is 16.2 Å². The van der Waals surface area contributed by atoms with Gasteiger partial charge in [0, 0.05) is 20.1 Å². The molecule has 1 atom stereocenters. The first-order valence-electron chi connectivity index (χ1n) is 5.87. The van der Waals surface area contributed by atoms with Crippen molar-refractivity contribution in [1.29, 1.82) is 0 Å². The van der Waals surface area contributed by atoms with E-state index in [1.807, 2.05) is 6.92 Å². The van der Waals surface area contributed by atoms with Gasteiger partial charge in [-0.2, -0.15) is 17.0 Å². The van der Waals surface area contributed by atoms with Crippen molar-refractivity contribution in [3.63, 3.8) is 0 Å². The molecule has 0 bridgehead atoms. The highest BCUT2D eigenvalue weighted by atomic mass is 32.2.